The molecule has 44 heavy (non-hydrogen) atoms. The second kappa shape index (κ2) is 13.0. The van der Waals surface area contributed by atoms with Crippen molar-refractivity contribution in [1.82, 2.24) is 14.7 Å². The molecule has 1 unspecified atom stereocenters. The number of likely N-dealkylation sites (tertiary alicyclic amines) is 1. The summed E-state index contributed by atoms with van der Waals surface area (Å²) in [4.78, 5) is 34.7. The van der Waals surface area contributed by atoms with Crippen LogP contribution in [0, 0.1) is 5.82 Å². The van der Waals surface area contributed by atoms with E-state index in [0.29, 0.717) is 45.0 Å². The Kier molecular flexibility index (Phi) is 9.03. The quantitative estimate of drug-likeness (QED) is 0.265. The Bertz CT molecular complexity index is 1680. The molecule has 2 aliphatic heterocycles. The number of nitrogens with two attached hydrogens (primary N) is 1. The number of ketones is 1. The van der Waals surface area contributed by atoms with Crippen LogP contribution in [-0.4, -0.2) is 71.7 Å². The van der Waals surface area contributed by atoms with Crippen LogP contribution in [0.5, 0.6) is 0 Å². The Hall–Kier alpha value is -3.33. The van der Waals surface area contributed by atoms with Crippen molar-refractivity contribution in [2.24, 2.45) is 5.73 Å². The summed E-state index contributed by atoms with van der Waals surface area (Å²) in [7, 11) is 0. The molecule has 2 aliphatic rings. The number of fused-ring (bicyclic) bond motifs is 1. The van der Waals surface area contributed by atoms with E-state index in [1.54, 1.807) is 41.3 Å². The van der Waals surface area contributed by atoms with Gasteiger partial charge in [0.15, 0.2) is 5.78 Å². The molecule has 0 radical (unpaired) electrons. The smallest absolute Gasteiger partial charge is 0.254 e. The molecule has 0 aromatic heterocycles. The van der Waals surface area contributed by atoms with Crippen molar-refractivity contribution < 1.29 is 14.0 Å². The fourth-order valence-electron chi connectivity index (χ4n) is 6.97. The zero-order chi connectivity index (χ0) is 30.8. The van der Waals surface area contributed by atoms with E-state index in [0.717, 1.165) is 32.5 Å². The number of hydrogen-bond donors (Lipinski definition) is 1. The standard InChI is InChI=1S/C35H35Cl2FN4O2/c36-30-12-10-25(20-31(30)37)35(33(43)21-39)23-41(34(44)29-11-13-32(38)28-9-5-4-8-27(28)29)18-19-42(35)26-14-16-40(17-15-26)22-24-6-2-1-3-7-24/h1-13,20,26H,14-19,21-23,39H2. The lowest BCUT2D eigenvalue weighted by Gasteiger charge is -2.54. The topological polar surface area (TPSA) is 69.9 Å². The van der Waals surface area contributed by atoms with Gasteiger partial charge < -0.3 is 10.6 Å². The number of halogens is 3. The minimum Gasteiger partial charge on any atom is -0.335 e. The molecule has 9 heteroatoms. The molecular weight excluding hydrogens is 598 g/mol. The predicted molar refractivity (Wildman–Crippen MR) is 173 cm³/mol. The minimum atomic E-state index is -1.22. The number of Topliss-reactive ketones (excluding diaryl/α,β-unsaturated/α-hetero) is 1. The first-order valence-electron chi connectivity index (χ1n) is 15.0. The Morgan fingerprint density at radius 1 is 0.841 bits per heavy atom. The van der Waals surface area contributed by atoms with E-state index < -0.39 is 5.54 Å². The van der Waals surface area contributed by atoms with Crippen LogP contribution in [0.1, 0.15) is 34.3 Å². The van der Waals surface area contributed by atoms with Gasteiger partial charge in [-0.15, -0.1) is 0 Å². The van der Waals surface area contributed by atoms with Crippen molar-refractivity contribution >= 4 is 45.7 Å². The first kappa shape index (κ1) is 30.7. The number of piperidine rings is 1. The molecule has 2 heterocycles. The van der Waals surface area contributed by atoms with Gasteiger partial charge in [0.05, 0.1) is 23.1 Å². The largest absolute Gasteiger partial charge is 0.335 e. The molecule has 0 spiro atoms. The van der Waals surface area contributed by atoms with Crippen LogP contribution in [0.3, 0.4) is 0 Å². The third-order valence-corrected chi connectivity index (χ3v) is 9.94. The Balaban J connectivity index is 1.35. The maximum absolute atomic E-state index is 14.6. The van der Waals surface area contributed by atoms with Gasteiger partial charge in [-0.2, -0.15) is 0 Å². The summed E-state index contributed by atoms with van der Waals surface area (Å²) in [6.45, 7) is 3.42. The minimum absolute atomic E-state index is 0.0930. The molecule has 2 fully saturated rings. The van der Waals surface area contributed by atoms with Crippen LogP contribution in [0.2, 0.25) is 10.0 Å². The summed E-state index contributed by atoms with van der Waals surface area (Å²) in [5.74, 6) is -0.833. The van der Waals surface area contributed by atoms with Crippen molar-refractivity contribution in [2.75, 3.05) is 39.3 Å². The zero-order valence-corrected chi connectivity index (χ0v) is 25.9. The summed E-state index contributed by atoms with van der Waals surface area (Å²) >= 11 is 12.8. The predicted octanol–water partition coefficient (Wildman–Crippen LogP) is 6.13. The second-order valence-corrected chi connectivity index (χ2v) is 12.5. The molecule has 1 amide bonds. The lowest BCUT2D eigenvalue weighted by molar-refractivity contribution is -0.139. The molecule has 228 valence electrons. The van der Waals surface area contributed by atoms with Crippen LogP contribution in [-0.2, 0) is 16.9 Å². The van der Waals surface area contributed by atoms with Crippen LogP contribution in [0.25, 0.3) is 10.8 Å². The molecular formula is C35H35Cl2FN4O2. The van der Waals surface area contributed by atoms with E-state index in [9.17, 15) is 14.0 Å². The summed E-state index contributed by atoms with van der Waals surface area (Å²) in [5, 5.41) is 1.64. The van der Waals surface area contributed by atoms with Crippen molar-refractivity contribution in [2.45, 2.75) is 31.0 Å². The lowest BCUT2D eigenvalue weighted by Crippen LogP contribution is -2.68. The third kappa shape index (κ3) is 5.75. The highest BCUT2D eigenvalue weighted by Crippen LogP contribution is 2.40. The molecule has 1 atom stereocenters. The number of piperazine rings is 1. The molecule has 0 aliphatic carbocycles. The van der Waals surface area contributed by atoms with Crippen LogP contribution in [0.4, 0.5) is 4.39 Å². The Morgan fingerprint density at radius 2 is 1.55 bits per heavy atom. The number of rotatable bonds is 7. The first-order valence-corrected chi connectivity index (χ1v) is 15.8. The number of nitrogens with zero attached hydrogens (tertiary/aromatic N) is 3. The highest BCUT2D eigenvalue weighted by Gasteiger charge is 2.52. The van der Waals surface area contributed by atoms with E-state index in [1.165, 1.54) is 17.7 Å². The van der Waals surface area contributed by atoms with Gasteiger partial charge in [-0.05, 0) is 66.7 Å². The molecule has 4 aromatic carbocycles. The fourth-order valence-corrected chi connectivity index (χ4v) is 7.27. The maximum Gasteiger partial charge on any atom is 0.254 e. The molecule has 2 saturated heterocycles. The second-order valence-electron chi connectivity index (χ2n) is 11.7. The van der Waals surface area contributed by atoms with Gasteiger partial charge in [-0.1, -0.05) is 83.9 Å². The van der Waals surface area contributed by atoms with Crippen molar-refractivity contribution in [1.29, 1.82) is 0 Å². The van der Waals surface area contributed by atoms with Gasteiger partial charge >= 0.3 is 0 Å². The first-order chi connectivity index (χ1) is 21.3. The van der Waals surface area contributed by atoms with E-state index >= 15 is 0 Å². The molecule has 4 aromatic rings. The van der Waals surface area contributed by atoms with Gasteiger partial charge in [0.1, 0.15) is 11.4 Å². The average Bonchev–Trinajstić information content (AvgIpc) is 3.06. The van der Waals surface area contributed by atoms with E-state index in [1.807, 2.05) is 12.1 Å². The molecule has 6 rings (SSSR count). The highest BCUT2D eigenvalue weighted by atomic mass is 35.5. The SMILES string of the molecule is NCC(=O)C1(c2ccc(Cl)c(Cl)c2)CN(C(=O)c2ccc(F)c3ccccc23)CCN1C1CCN(Cc2ccccc2)CC1. The van der Waals surface area contributed by atoms with Gasteiger partial charge in [0.25, 0.3) is 5.91 Å². The fraction of sp³-hybridized carbons (Fsp3) is 0.314. The van der Waals surface area contributed by atoms with E-state index in [4.69, 9.17) is 28.9 Å². The van der Waals surface area contributed by atoms with Crippen LogP contribution in [0.15, 0.2) is 84.9 Å². The monoisotopic (exact) mass is 632 g/mol. The number of hydrogen-bond acceptors (Lipinski definition) is 5. The van der Waals surface area contributed by atoms with Crippen LogP contribution < -0.4 is 5.73 Å². The van der Waals surface area contributed by atoms with Gasteiger partial charge in [0.2, 0.25) is 0 Å². The maximum atomic E-state index is 14.6. The molecule has 0 bridgehead atoms. The van der Waals surface area contributed by atoms with Gasteiger partial charge in [0, 0.05) is 36.6 Å². The number of carbonyl (C=O) groups is 2. The number of benzene rings is 4. The molecule has 0 saturated carbocycles. The van der Waals surface area contributed by atoms with Crippen molar-refractivity contribution in [3.05, 3.63) is 117 Å². The summed E-state index contributed by atoms with van der Waals surface area (Å²) in [6.07, 6.45) is 1.73. The summed E-state index contributed by atoms with van der Waals surface area (Å²) < 4.78 is 14.6. The normalized spacial score (nSPS) is 20.2. The molecule has 2 N–H and O–H groups in total. The molecule has 6 nitrogen and oxygen atoms in total. The third-order valence-electron chi connectivity index (χ3n) is 9.20. The zero-order valence-electron chi connectivity index (χ0n) is 24.4. The number of amides is 1. The summed E-state index contributed by atoms with van der Waals surface area (Å²) in [5.41, 5.74) is 7.24. The van der Waals surface area contributed by atoms with Crippen molar-refractivity contribution in [3.8, 4) is 0 Å². The van der Waals surface area contributed by atoms with E-state index in [2.05, 4.69) is 34.1 Å². The number of carbonyl (C=O) groups excluding carboxylic acids is 2. The average molecular weight is 634 g/mol. The van der Waals surface area contributed by atoms with Crippen LogP contribution >= 0.6 is 23.2 Å². The highest BCUT2D eigenvalue weighted by molar-refractivity contribution is 6.42. The van der Waals surface area contributed by atoms with E-state index in [-0.39, 0.29) is 36.6 Å². The lowest BCUT2D eigenvalue weighted by atomic mass is 9.79. The van der Waals surface area contributed by atoms with Crippen molar-refractivity contribution in [3.63, 3.8) is 0 Å². The van der Waals surface area contributed by atoms with Gasteiger partial charge in [-0.3, -0.25) is 19.4 Å². The van der Waals surface area contributed by atoms with Gasteiger partial charge in [-0.25, -0.2) is 4.39 Å². The summed E-state index contributed by atoms with van der Waals surface area (Å²) in [6, 6.07) is 25.6. The Labute approximate surface area is 267 Å². The Morgan fingerprint density at radius 3 is 2.25 bits per heavy atom.